The molecule has 3 rings (SSSR count). The molecule has 0 unspecified atom stereocenters. The Balaban J connectivity index is 1.67. The standard InChI is InChI=1S/C19H17Cl2N3OS/c1-2-11-24-18(12-25-17-9-7-16(21)8-10-17)22-23-19(24)26-13-14-3-5-15(20)6-4-14/h2-10H,1,11-13H2. The quantitative estimate of drug-likeness (QED) is 0.358. The largest absolute Gasteiger partial charge is 0.486 e. The van der Waals surface area contributed by atoms with E-state index in [1.54, 1.807) is 23.9 Å². The zero-order chi connectivity index (χ0) is 18.4. The summed E-state index contributed by atoms with van der Waals surface area (Å²) in [5.74, 6) is 2.26. The Morgan fingerprint density at radius 3 is 2.31 bits per heavy atom. The van der Waals surface area contributed by atoms with Gasteiger partial charge >= 0.3 is 0 Å². The molecular formula is C19H17Cl2N3OS. The summed E-state index contributed by atoms with van der Waals surface area (Å²) in [6, 6.07) is 15.0. The molecule has 134 valence electrons. The van der Waals surface area contributed by atoms with Gasteiger partial charge in [0.2, 0.25) is 0 Å². The van der Waals surface area contributed by atoms with Crippen molar-refractivity contribution in [3.8, 4) is 5.75 Å². The van der Waals surface area contributed by atoms with E-state index in [0.717, 1.165) is 27.5 Å². The van der Waals surface area contributed by atoms with Crippen LogP contribution in [0.3, 0.4) is 0 Å². The third kappa shape index (κ3) is 5.04. The molecule has 7 heteroatoms. The van der Waals surface area contributed by atoms with E-state index in [4.69, 9.17) is 27.9 Å². The van der Waals surface area contributed by atoms with Crippen molar-refractivity contribution in [2.45, 2.75) is 24.1 Å². The fourth-order valence-electron chi connectivity index (χ4n) is 2.25. The molecule has 0 spiro atoms. The second kappa shape index (κ2) is 9.12. The first-order valence-corrected chi connectivity index (χ1v) is 9.68. The normalized spacial score (nSPS) is 10.7. The lowest BCUT2D eigenvalue weighted by Crippen LogP contribution is -2.07. The number of hydrogen-bond acceptors (Lipinski definition) is 4. The average Bonchev–Trinajstić information content (AvgIpc) is 3.03. The summed E-state index contributed by atoms with van der Waals surface area (Å²) < 4.78 is 7.79. The molecule has 0 aliphatic heterocycles. The van der Waals surface area contributed by atoms with Gasteiger partial charge in [-0.1, -0.05) is 53.2 Å². The number of allylic oxidation sites excluding steroid dienone is 1. The third-order valence-corrected chi connectivity index (χ3v) is 5.11. The Hall–Kier alpha value is -1.95. The van der Waals surface area contributed by atoms with E-state index in [9.17, 15) is 0 Å². The Labute approximate surface area is 166 Å². The molecular weight excluding hydrogens is 389 g/mol. The molecule has 2 aromatic carbocycles. The molecule has 26 heavy (non-hydrogen) atoms. The van der Waals surface area contributed by atoms with Crippen molar-refractivity contribution in [1.82, 2.24) is 14.8 Å². The van der Waals surface area contributed by atoms with Crippen LogP contribution in [0.2, 0.25) is 10.0 Å². The summed E-state index contributed by atoms with van der Waals surface area (Å²) in [5, 5.41) is 10.8. The van der Waals surface area contributed by atoms with Crippen LogP contribution in [0, 0.1) is 0 Å². The Morgan fingerprint density at radius 2 is 1.65 bits per heavy atom. The topological polar surface area (TPSA) is 39.9 Å². The van der Waals surface area contributed by atoms with Crippen molar-refractivity contribution in [3.05, 3.63) is 82.6 Å². The van der Waals surface area contributed by atoms with Gasteiger partial charge in [-0.15, -0.1) is 16.8 Å². The zero-order valence-corrected chi connectivity index (χ0v) is 16.3. The molecule has 0 saturated carbocycles. The summed E-state index contributed by atoms with van der Waals surface area (Å²) >= 11 is 13.4. The van der Waals surface area contributed by atoms with E-state index >= 15 is 0 Å². The number of hydrogen-bond donors (Lipinski definition) is 0. The van der Waals surface area contributed by atoms with Crippen molar-refractivity contribution in [2.75, 3.05) is 0 Å². The number of thioether (sulfide) groups is 1. The van der Waals surface area contributed by atoms with Gasteiger partial charge in [-0.25, -0.2) is 0 Å². The van der Waals surface area contributed by atoms with E-state index in [1.165, 1.54) is 5.56 Å². The van der Waals surface area contributed by atoms with E-state index < -0.39 is 0 Å². The highest BCUT2D eigenvalue weighted by Crippen LogP contribution is 2.24. The second-order valence-corrected chi connectivity index (χ2v) is 7.27. The second-order valence-electron chi connectivity index (χ2n) is 5.46. The highest BCUT2D eigenvalue weighted by Gasteiger charge is 2.12. The lowest BCUT2D eigenvalue weighted by Gasteiger charge is -2.09. The fraction of sp³-hybridized carbons (Fsp3) is 0.158. The molecule has 3 aromatic rings. The van der Waals surface area contributed by atoms with Gasteiger partial charge in [-0.3, -0.25) is 4.57 Å². The Kier molecular flexibility index (Phi) is 6.61. The minimum absolute atomic E-state index is 0.323. The van der Waals surface area contributed by atoms with Crippen molar-refractivity contribution in [2.24, 2.45) is 0 Å². The molecule has 0 N–H and O–H groups in total. The van der Waals surface area contributed by atoms with E-state index in [1.807, 2.05) is 47.0 Å². The lowest BCUT2D eigenvalue weighted by molar-refractivity contribution is 0.289. The van der Waals surface area contributed by atoms with Gasteiger partial charge in [0, 0.05) is 22.3 Å². The molecule has 0 fully saturated rings. The molecule has 0 radical (unpaired) electrons. The fourth-order valence-corrected chi connectivity index (χ4v) is 3.43. The van der Waals surface area contributed by atoms with Crippen LogP contribution in [0.5, 0.6) is 5.75 Å². The zero-order valence-electron chi connectivity index (χ0n) is 13.9. The van der Waals surface area contributed by atoms with Gasteiger partial charge in [0.05, 0.1) is 0 Å². The van der Waals surface area contributed by atoms with Gasteiger partial charge in [0.15, 0.2) is 11.0 Å². The van der Waals surface area contributed by atoms with E-state index in [2.05, 4.69) is 16.8 Å². The molecule has 0 aliphatic carbocycles. The van der Waals surface area contributed by atoms with Crippen molar-refractivity contribution in [1.29, 1.82) is 0 Å². The van der Waals surface area contributed by atoms with Crippen LogP contribution in [-0.2, 0) is 18.9 Å². The minimum atomic E-state index is 0.323. The van der Waals surface area contributed by atoms with Gasteiger partial charge in [-0.2, -0.15) is 0 Å². The third-order valence-electron chi connectivity index (χ3n) is 3.57. The Bertz CT molecular complexity index is 796. The predicted molar refractivity (Wildman–Crippen MR) is 107 cm³/mol. The maximum absolute atomic E-state index is 5.93. The molecule has 4 nitrogen and oxygen atoms in total. The highest BCUT2D eigenvalue weighted by atomic mass is 35.5. The summed E-state index contributed by atoms with van der Waals surface area (Å²) in [7, 11) is 0. The monoisotopic (exact) mass is 405 g/mol. The minimum Gasteiger partial charge on any atom is -0.486 e. The molecule has 1 aromatic heterocycles. The first-order valence-electron chi connectivity index (χ1n) is 7.94. The van der Waals surface area contributed by atoms with Crippen molar-refractivity contribution in [3.63, 3.8) is 0 Å². The molecule has 0 aliphatic rings. The van der Waals surface area contributed by atoms with Crippen molar-refractivity contribution >= 4 is 35.0 Å². The smallest absolute Gasteiger partial charge is 0.191 e. The number of aromatic nitrogens is 3. The van der Waals surface area contributed by atoms with E-state index in [0.29, 0.717) is 18.2 Å². The van der Waals surface area contributed by atoms with Gasteiger partial charge in [-0.05, 0) is 42.0 Å². The van der Waals surface area contributed by atoms with Gasteiger partial charge < -0.3 is 4.74 Å². The van der Waals surface area contributed by atoms with Crippen LogP contribution in [0.1, 0.15) is 11.4 Å². The highest BCUT2D eigenvalue weighted by molar-refractivity contribution is 7.98. The van der Waals surface area contributed by atoms with Crippen LogP contribution in [0.15, 0.2) is 66.3 Å². The molecule has 0 bridgehead atoms. The molecule has 0 amide bonds. The number of ether oxygens (including phenoxy) is 1. The molecule has 1 heterocycles. The summed E-state index contributed by atoms with van der Waals surface area (Å²) in [4.78, 5) is 0. The van der Waals surface area contributed by atoms with Crippen LogP contribution in [0.4, 0.5) is 0 Å². The first-order chi connectivity index (χ1) is 12.7. The summed E-state index contributed by atoms with van der Waals surface area (Å²) in [6.07, 6.45) is 1.82. The van der Waals surface area contributed by atoms with Crippen LogP contribution in [-0.4, -0.2) is 14.8 Å². The summed E-state index contributed by atoms with van der Waals surface area (Å²) in [5.41, 5.74) is 1.17. The maximum Gasteiger partial charge on any atom is 0.191 e. The lowest BCUT2D eigenvalue weighted by atomic mass is 10.2. The van der Waals surface area contributed by atoms with Gasteiger partial charge in [0.25, 0.3) is 0 Å². The first kappa shape index (κ1) is 18.8. The number of rotatable bonds is 8. The maximum atomic E-state index is 5.93. The van der Waals surface area contributed by atoms with E-state index in [-0.39, 0.29) is 0 Å². The number of halogens is 2. The number of nitrogens with zero attached hydrogens (tertiary/aromatic N) is 3. The average molecular weight is 406 g/mol. The number of benzene rings is 2. The van der Waals surface area contributed by atoms with Crippen molar-refractivity contribution < 1.29 is 4.74 Å². The SMILES string of the molecule is C=CCn1c(COc2ccc(Cl)cc2)nnc1SCc1ccc(Cl)cc1. The van der Waals surface area contributed by atoms with Crippen LogP contribution in [0.25, 0.3) is 0 Å². The predicted octanol–water partition coefficient (Wildman–Crippen LogP) is 5.64. The molecule has 0 saturated heterocycles. The van der Waals surface area contributed by atoms with Gasteiger partial charge in [0.1, 0.15) is 12.4 Å². The Morgan fingerprint density at radius 1 is 1.00 bits per heavy atom. The molecule has 0 atom stereocenters. The summed E-state index contributed by atoms with van der Waals surface area (Å²) in [6.45, 7) is 4.76. The van der Waals surface area contributed by atoms with Crippen LogP contribution >= 0.6 is 35.0 Å². The van der Waals surface area contributed by atoms with Crippen LogP contribution < -0.4 is 4.74 Å².